The highest BCUT2D eigenvalue weighted by atomic mass is 79.9. The summed E-state index contributed by atoms with van der Waals surface area (Å²) in [6.07, 6.45) is 0.977. The van der Waals surface area contributed by atoms with Crippen molar-refractivity contribution in [3.8, 4) is 22.8 Å². The molecule has 1 N–H and O–H groups in total. The Kier molecular flexibility index (Phi) is 5.69. The molecule has 28 heavy (non-hydrogen) atoms. The maximum absolute atomic E-state index is 5.72. The number of hydrogen-bond donors (Lipinski definition) is 1. The molecule has 0 saturated heterocycles. The molecule has 6 heteroatoms. The van der Waals surface area contributed by atoms with Crippen molar-refractivity contribution in [2.45, 2.75) is 26.4 Å². The van der Waals surface area contributed by atoms with Gasteiger partial charge >= 0.3 is 0 Å². The standard InChI is InChI=1S/C22H24BrN3O2/c1-3-28-22-18(23)11-16(12-20(22)27-2)21-17-14-26(10-9-19(17)24-25-21)13-15-7-5-4-6-8-15/h4-8,11-12H,3,9-10,13-14H2,1-2H3,(H,24,25). The molecule has 146 valence electrons. The lowest BCUT2D eigenvalue weighted by Gasteiger charge is -2.27. The van der Waals surface area contributed by atoms with Gasteiger partial charge in [-0.05, 0) is 40.5 Å². The number of nitrogens with one attached hydrogen (secondary N) is 1. The number of benzene rings is 2. The van der Waals surface area contributed by atoms with E-state index in [2.05, 4.69) is 67.4 Å². The lowest BCUT2D eigenvalue weighted by Crippen LogP contribution is -2.29. The molecule has 5 nitrogen and oxygen atoms in total. The van der Waals surface area contributed by atoms with Crippen LogP contribution in [0.2, 0.25) is 0 Å². The highest BCUT2D eigenvalue weighted by molar-refractivity contribution is 9.10. The number of aromatic nitrogens is 2. The third-order valence-corrected chi connectivity index (χ3v) is 5.64. The van der Waals surface area contributed by atoms with Gasteiger partial charge in [0.25, 0.3) is 0 Å². The average molecular weight is 442 g/mol. The van der Waals surface area contributed by atoms with E-state index in [1.54, 1.807) is 7.11 Å². The summed E-state index contributed by atoms with van der Waals surface area (Å²) in [7, 11) is 1.66. The lowest BCUT2D eigenvalue weighted by atomic mass is 10.00. The summed E-state index contributed by atoms with van der Waals surface area (Å²) in [5.74, 6) is 1.43. The first-order valence-corrected chi connectivity index (χ1v) is 10.3. The number of hydrogen-bond acceptors (Lipinski definition) is 4. The molecule has 0 fully saturated rings. The molecule has 0 atom stereocenters. The van der Waals surface area contributed by atoms with Gasteiger partial charge in [-0.15, -0.1) is 0 Å². The van der Waals surface area contributed by atoms with Crippen LogP contribution in [-0.2, 0) is 19.5 Å². The van der Waals surface area contributed by atoms with Crippen LogP contribution in [0.5, 0.6) is 11.5 Å². The number of methoxy groups -OCH3 is 1. The maximum atomic E-state index is 5.72. The summed E-state index contributed by atoms with van der Waals surface area (Å²) in [5, 5.41) is 7.87. The normalized spacial score (nSPS) is 14.0. The minimum absolute atomic E-state index is 0.584. The van der Waals surface area contributed by atoms with E-state index in [9.17, 15) is 0 Å². The van der Waals surface area contributed by atoms with Gasteiger partial charge in [0, 0.05) is 42.9 Å². The van der Waals surface area contributed by atoms with Crippen molar-refractivity contribution < 1.29 is 9.47 Å². The fourth-order valence-corrected chi connectivity index (χ4v) is 4.26. The zero-order valence-electron chi connectivity index (χ0n) is 16.2. The molecule has 0 unspecified atom stereocenters. The van der Waals surface area contributed by atoms with Crippen molar-refractivity contribution >= 4 is 15.9 Å². The maximum Gasteiger partial charge on any atom is 0.175 e. The van der Waals surface area contributed by atoms with Gasteiger partial charge in [0.2, 0.25) is 0 Å². The van der Waals surface area contributed by atoms with E-state index in [1.807, 2.05) is 13.0 Å². The Labute approximate surface area is 173 Å². The molecule has 0 aliphatic carbocycles. The largest absolute Gasteiger partial charge is 0.493 e. The second-order valence-corrected chi connectivity index (χ2v) is 7.75. The van der Waals surface area contributed by atoms with E-state index >= 15 is 0 Å². The van der Waals surface area contributed by atoms with Crippen LogP contribution >= 0.6 is 15.9 Å². The Bertz CT molecular complexity index is 956. The molecule has 0 bridgehead atoms. The van der Waals surface area contributed by atoms with Gasteiger partial charge < -0.3 is 9.47 Å². The first-order valence-electron chi connectivity index (χ1n) is 9.52. The van der Waals surface area contributed by atoms with E-state index < -0.39 is 0 Å². The number of ether oxygens (including phenoxy) is 2. The zero-order chi connectivity index (χ0) is 19.5. The van der Waals surface area contributed by atoms with E-state index in [0.717, 1.165) is 47.5 Å². The fourth-order valence-electron chi connectivity index (χ4n) is 3.71. The van der Waals surface area contributed by atoms with Crippen molar-refractivity contribution in [2.24, 2.45) is 0 Å². The van der Waals surface area contributed by atoms with Crippen molar-refractivity contribution in [3.63, 3.8) is 0 Å². The molecular formula is C22H24BrN3O2. The second-order valence-electron chi connectivity index (χ2n) is 6.90. The molecule has 1 aliphatic rings. The molecule has 2 aromatic carbocycles. The molecule has 3 aromatic rings. The van der Waals surface area contributed by atoms with E-state index in [-0.39, 0.29) is 0 Å². The Morgan fingerprint density at radius 2 is 2.04 bits per heavy atom. The fraction of sp³-hybridized carbons (Fsp3) is 0.318. The summed E-state index contributed by atoms with van der Waals surface area (Å²) in [4.78, 5) is 2.47. The van der Waals surface area contributed by atoms with Crippen LogP contribution in [0.4, 0.5) is 0 Å². The van der Waals surface area contributed by atoms with E-state index in [0.29, 0.717) is 12.4 Å². The van der Waals surface area contributed by atoms with Gasteiger partial charge in [-0.1, -0.05) is 30.3 Å². The van der Waals surface area contributed by atoms with Crippen LogP contribution in [0.25, 0.3) is 11.3 Å². The zero-order valence-corrected chi connectivity index (χ0v) is 17.8. The van der Waals surface area contributed by atoms with Crippen molar-refractivity contribution in [3.05, 3.63) is 63.8 Å². The Morgan fingerprint density at radius 1 is 1.21 bits per heavy atom. The number of fused-ring (bicyclic) bond motifs is 1. The smallest absolute Gasteiger partial charge is 0.175 e. The summed E-state index contributed by atoms with van der Waals surface area (Å²) < 4.78 is 12.1. The minimum atomic E-state index is 0.584. The van der Waals surface area contributed by atoms with E-state index in [4.69, 9.17) is 9.47 Å². The predicted octanol–water partition coefficient (Wildman–Crippen LogP) is 4.80. The van der Waals surface area contributed by atoms with Gasteiger partial charge in [-0.2, -0.15) is 5.10 Å². The summed E-state index contributed by atoms with van der Waals surface area (Å²) in [6, 6.07) is 14.7. The summed E-state index contributed by atoms with van der Waals surface area (Å²) >= 11 is 3.62. The Balaban J connectivity index is 1.63. The van der Waals surface area contributed by atoms with Gasteiger partial charge in [-0.25, -0.2) is 0 Å². The molecule has 4 rings (SSSR count). The average Bonchev–Trinajstić information content (AvgIpc) is 3.13. The SMILES string of the molecule is CCOc1c(Br)cc(-c2n[nH]c3c2CN(Cc2ccccc2)CC3)cc1OC. The first-order chi connectivity index (χ1) is 13.7. The number of H-pyrrole nitrogens is 1. The van der Waals surface area contributed by atoms with Gasteiger partial charge in [0.05, 0.1) is 23.9 Å². The highest BCUT2D eigenvalue weighted by Crippen LogP contribution is 2.40. The first kappa shape index (κ1) is 19.0. The lowest BCUT2D eigenvalue weighted by molar-refractivity contribution is 0.245. The monoisotopic (exact) mass is 441 g/mol. The molecule has 0 amide bonds. The quantitative estimate of drug-likeness (QED) is 0.596. The van der Waals surface area contributed by atoms with Crippen molar-refractivity contribution in [1.82, 2.24) is 15.1 Å². The molecular weight excluding hydrogens is 418 g/mol. The molecule has 0 saturated carbocycles. The molecule has 2 heterocycles. The van der Waals surface area contributed by atoms with Crippen LogP contribution in [0.15, 0.2) is 46.9 Å². The topological polar surface area (TPSA) is 50.4 Å². The van der Waals surface area contributed by atoms with Crippen LogP contribution in [0.1, 0.15) is 23.7 Å². The Hall–Kier alpha value is -2.31. The van der Waals surface area contributed by atoms with Crippen LogP contribution in [0.3, 0.4) is 0 Å². The highest BCUT2D eigenvalue weighted by Gasteiger charge is 2.24. The second kappa shape index (κ2) is 8.37. The van der Waals surface area contributed by atoms with Crippen molar-refractivity contribution in [1.29, 1.82) is 0 Å². The predicted molar refractivity (Wildman–Crippen MR) is 114 cm³/mol. The number of aromatic amines is 1. The number of halogens is 1. The number of rotatable bonds is 6. The molecule has 0 spiro atoms. The van der Waals surface area contributed by atoms with Crippen LogP contribution in [0, 0.1) is 0 Å². The van der Waals surface area contributed by atoms with Crippen LogP contribution in [-0.4, -0.2) is 35.4 Å². The molecule has 1 aliphatic heterocycles. The van der Waals surface area contributed by atoms with Crippen molar-refractivity contribution in [2.75, 3.05) is 20.3 Å². The molecule has 1 aromatic heterocycles. The summed E-state index contributed by atoms with van der Waals surface area (Å²) in [6.45, 7) is 5.40. The Morgan fingerprint density at radius 3 is 2.79 bits per heavy atom. The van der Waals surface area contributed by atoms with Crippen LogP contribution < -0.4 is 9.47 Å². The minimum Gasteiger partial charge on any atom is -0.493 e. The molecule has 0 radical (unpaired) electrons. The van der Waals surface area contributed by atoms with E-state index in [1.165, 1.54) is 16.8 Å². The van der Waals surface area contributed by atoms with Gasteiger partial charge in [-0.3, -0.25) is 10.00 Å². The van der Waals surface area contributed by atoms with Gasteiger partial charge in [0.1, 0.15) is 0 Å². The third kappa shape index (κ3) is 3.80. The number of nitrogens with zero attached hydrogens (tertiary/aromatic N) is 2. The third-order valence-electron chi connectivity index (χ3n) is 5.05. The van der Waals surface area contributed by atoms with Gasteiger partial charge in [0.15, 0.2) is 11.5 Å². The summed E-state index contributed by atoms with van der Waals surface area (Å²) in [5.41, 5.74) is 5.83.